The van der Waals surface area contributed by atoms with Gasteiger partial charge in [-0.05, 0) is 26.8 Å². The fourth-order valence-electron chi connectivity index (χ4n) is 0.286. The molecule has 0 aromatic carbocycles. The number of aliphatic hydroxyl groups excluding tert-OH is 2. The molecule has 0 radical (unpaired) electrons. The molecule has 0 amide bonds. The van der Waals surface area contributed by atoms with Gasteiger partial charge in [0.1, 0.15) is 0 Å². The van der Waals surface area contributed by atoms with Crippen LogP contribution in [0.3, 0.4) is 0 Å². The van der Waals surface area contributed by atoms with Gasteiger partial charge in [-0.3, -0.25) is 4.79 Å². The molecule has 0 saturated carbocycles. The minimum atomic E-state index is -0.889. The van der Waals surface area contributed by atoms with Crippen molar-refractivity contribution >= 4 is 24.2 Å². The average Bonchev–Trinajstić information content (AvgIpc) is 2.04. The van der Waals surface area contributed by atoms with Crippen molar-refractivity contribution in [2.45, 2.75) is 27.7 Å². The fraction of sp³-hybridized carbons (Fsp3) is 0.667. The van der Waals surface area contributed by atoms with Crippen LogP contribution in [0.2, 0.25) is 0 Å². The first-order chi connectivity index (χ1) is 7.37. The summed E-state index contributed by atoms with van der Waals surface area (Å²) in [7, 11) is 9.89. The summed E-state index contributed by atoms with van der Waals surface area (Å²) in [5, 5.41) is 25.1. The van der Waals surface area contributed by atoms with Crippen LogP contribution in [-0.4, -0.2) is 29.2 Å². The molecule has 2 N–H and O–H groups in total. The van der Waals surface area contributed by atoms with Crippen molar-refractivity contribution in [1.82, 2.24) is 0 Å². The Balaban J connectivity index is -0.0000000677. The minimum absolute atomic E-state index is 0.187. The fourth-order valence-corrected chi connectivity index (χ4v) is 0.286. The van der Waals surface area contributed by atoms with Crippen molar-refractivity contribution in [2.75, 3.05) is 13.2 Å². The summed E-state index contributed by atoms with van der Waals surface area (Å²) < 4.78 is 0. The summed E-state index contributed by atoms with van der Waals surface area (Å²) in [5.74, 6) is -0.375. The number of allylic oxidation sites excluding steroid dienone is 2. The van der Waals surface area contributed by atoms with Crippen LogP contribution in [0, 0.1) is 0 Å². The maximum absolute atomic E-state index is 9.98. The molecule has 0 aliphatic rings. The second kappa shape index (κ2) is 29.5. The van der Waals surface area contributed by atoms with E-state index < -0.39 is 17.6 Å². The SMILES string of the molecule is CC(=O)/C=C(/C)[O-].CCO.CCO.[Cl][Ta][Cl]. The van der Waals surface area contributed by atoms with E-state index in [2.05, 4.69) is 0 Å². The Kier molecular flexibility index (Phi) is 46.8. The summed E-state index contributed by atoms with van der Waals surface area (Å²) in [5.41, 5.74) is 0. The number of carbonyl (C=O) groups is 1. The molecule has 0 aromatic rings. The standard InChI is InChI=1S/C5H8O2.2C2H6O.2ClH.Ta/c1-4(6)3-5(2)7;2*1-2-3;;;/h3,6H,1-2H3;2*3H,2H2,1H3;2*1H;/q;;;;;+2/p-3/b4-3-;;;;;. The summed E-state index contributed by atoms with van der Waals surface area (Å²) in [6.07, 6.45) is 1.06. The molecule has 16 heavy (non-hydrogen) atoms. The van der Waals surface area contributed by atoms with E-state index in [0.29, 0.717) is 0 Å². The van der Waals surface area contributed by atoms with E-state index in [4.69, 9.17) is 28.6 Å². The van der Waals surface area contributed by atoms with Crippen LogP contribution in [0.5, 0.6) is 0 Å². The van der Waals surface area contributed by atoms with E-state index in [9.17, 15) is 9.90 Å². The van der Waals surface area contributed by atoms with Crippen molar-refractivity contribution in [3.05, 3.63) is 11.8 Å². The normalized spacial score (nSPS) is 8.12. The first kappa shape index (κ1) is 25.3. The molecule has 7 heteroatoms. The van der Waals surface area contributed by atoms with Gasteiger partial charge in [-0.25, -0.2) is 0 Å². The van der Waals surface area contributed by atoms with Crippen LogP contribution in [0.15, 0.2) is 11.8 Å². The molecule has 0 unspecified atom stereocenters. The van der Waals surface area contributed by atoms with E-state index in [0.717, 1.165) is 6.08 Å². The molecule has 0 spiro atoms. The van der Waals surface area contributed by atoms with Gasteiger partial charge >= 0.3 is 36.0 Å². The van der Waals surface area contributed by atoms with Gasteiger partial charge in [0.25, 0.3) is 0 Å². The quantitative estimate of drug-likeness (QED) is 0.472. The van der Waals surface area contributed by atoms with Crippen LogP contribution in [-0.2, 0) is 22.4 Å². The summed E-state index contributed by atoms with van der Waals surface area (Å²) >= 11 is -0.889. The van der Waals surface area contributed by atoms with Crippen LogP contribution < -0.4 is 5.11 Å². The van der Waals surface area contributed by atoms with E-state index in [1.807, 2.05) is 0 Å². The topological polar surface area (TPSA) is 80.6 Å². The second-order valence-corrected chi connectivity index (χ2v) is 6.70. The summed E-state index contributed by atoms with van der Waals surface area (Å²) in [4.78, 5) is 9.98. The number of rotatable bonds is 1. The maximum atomic E-state index is 9.98. The van der Waals surface area contributed by atoms with Gasteiger partial charge in [-0.15, -0.1) is 5.76 Å². The zero-order chi connectivity index (χ0) is 14.0. The Labute approximate surface area is 114 Å². The second-order valence-electron chi connectivity index (χ2n) is 2.06. The Morgan fingerprint density at radius 2 is 1.44 bits per heavy atom. The molecule has 4 nitrogen and oxygen atoms in total. The van der Waals surface area contributed by atoms with E-state index in [-0.39, 0.29) is 24.8 Å². The number of hydrogen-bond acceptors (Lipinski definition) is 4. The summed E-state index contributed by atoms with van der Waals surface area (Å²) in [6, 6.07) is 0. The number of aliphatic hydroxyl groups is 2. The molecule has 0 saturated heterocycles. The number of ketones is 1. The van der Waals surface area contributed by atoms with Gasteiger partial charge in [-0.1, -0.05) is 6.92 Å². The zero-order valence-corrected chi connectivity index (χ0v) is 14.6. The molecular formula is C9H19Cl2O4Ta-. The number of carbonyl (C=O) groups excluding carboxylic acids is 1. The first-order valence-corrected chi connectivity index (χ1v) is 12.3. The predicted octanol–water partition coefficient (Wildman–Crippen LogP) is 1.21. The van der Waals surface area contributed by atoms with Crippen molar-refractivity contribution in [2.24, 2.45) is 0 Å². The van der Waals surface area contributed by atoms with Crippen LogP contribution in [0.25, 0.3) is 0 Å². The van der Waals surface area contributed by atoms with Gasteiger partial charge in [0.2, 0.25) is 0 Å². The Hall–Kier alpha value is 0.450. The predicted molar refractivity (Wildman–Crippen MR) is 61.7 cm³/mol. The molecule has 0 aromatic heterocycles. The summed E-state index contributed by atoms with van der Waals surface area (Å²) in [6.45, 7) is 6.56. The van der Waals surface area contributed by atoms with E-state index in [1.54, 1.807) is 13.8 Å². The molecular weight excluding hydrogens is 424 g/mol. The molecule has 0 heterocycles. The average molecular weight is 443 g/mol. The molecule has 0 bridgehead atoms. The number of hydrogen-bond donors (Lipinski definition) is 2. The Morgan fingerprint density at radius 3 is 1.44 bits per heavy atom. The molecule has 99 valence electrons. The molecule has 0 atom stereocenters. The van der Waals surface area contributed by atoms with Crippen LogP contribution in [0.4, 0.5) is 0 Å². The van der Waals surface area contributed by atoms with Crippen molar-refractivity contribution < 1.29 is 37.7 Å². The zero-order valence-electron chi connectivity index (χ0n) is 9.91. The molecule has 0 rings (SSSR count). The third-order valence-electron chi connectivity index (χ3n) is 0.407. The van der Waals surface area contributed by atoms with Crippen LogP contribution in [0.1, 0.15) is 27.7 Å². The third-order valence-corrected chi connectivity index (χ3v) is 0.407. The molecule has 0 fully saturated rings. The van der Waals surface area contributed by atoms with Crippen molar-refractivity contribution in [3.8, 4) is 0 Å². The molecule has 0 aliphatic carbocycles. The van der Waals surface area contributed by atoms with Gasteiger partial charge in [0.15, 0.2) is 5.78 Å². The monoisotopic (exact) mass is 442 g/mol. The first-order valence-electron chi connectivity index (χ1n) is 4.37. The van der Waals surface area contributed by atoms with Gasteiger partial charge in [0, 0.05) is 13.2 Å². The Bertz CT molecular complexity index is 146. The van der Waals surface area contributed by atoms with Crippen molar-refractivity contribution in [3.63, 3.8) is 0 Å². The Morgan fingerprint density at radius 1 is 1.25 bits per heavy atom. The molecule has 0 aliphatic heterocycles. The van der Waals surface area contributed by atoms with E-state index >= 15 is 0 Å². The van der Waals surface area contributed by atoms with Crippen molar-refractivity contribution in [1.29, 1.82) is 0 Å². The third kappa shape index (κ3) is 132. The van der Waals surface area contributed by atoms with E-state index in [1.165, 1.54) is 13.8 Å². The number of halogens is 2. The van der Waals surface area contributed by atoms with Gasteiger partial charge in [0.05, 0.1) is 0 Å². The van der Waals surface area contributed by atoms with Crippen LogP contribution >= 0.6 is 18.4 Å². The van der Waals surface area contributed by atoms with Gasteiger partial charge < -0.3 is 15.3 Å². The van der Waals surface area contributed by atoms with Gasteiger partial charge in [-0.2, -0.15) is 0 Å².